The number of hydrogen-bond donors (Lipinski definition) is 1. The molecule has 20 heavy (non-hydrogen) atoms. The van der Waals surface area contributed by atoms with Crippen molar-refractivity contribution in [1.29, 1.82) is 0 Å². The molecule has 0 aliphatic carbocycles. The fraction of sp³-hybridized carbons (Fsp3) is 0.625. The second-order valence-electron chi connectivity index (χ2n) is 5.15. The van der Waals surface area contributed by atoms with E-state index in [0.717, 1.165) is 35.2 Å². The van der Waals surface area contributed by atoms with Gasteiger partial charge in [0, 0.05) is 28.2 Å². The Balaban J connectivity index is 2.31. The maximum absolute atomic E-state index is 6.17. The van der Waals surface area contributed by atoms with Crippen LogP contribution in [0.3, 0.4) is 0 Å². The third kappa shape index (κ3) is 6.01. The summed E-state index contributed by atoms with van der Waals surface area (Å²) in [6, 6.07) is 6.12. The molecule has 4 heteroatoms. The first-order valence-corrected chi connectivity index (χ1v) is 8.22. The quantitative estimate of drug-likeness (QED) is 0.716. The van der Waals surface area contributed by atoms with Crippen LogP contribution in [0.4, 0.5) is 0 Å². The highest BCUT2D eigenvalue weighted by atomic mass is 35.5. The Kier molecular flexibility index (Phi) is 8.55. The van der Waals surface area contributed by atoms with Crippen molar-refractivity contribution in [2.24, 2.45) is 0 Å². The van der Waals surface area contributed by atoms with Crippen LogP contribution < -0.4 is 5.32 Å². The van der Waals surface area contributed by atoms with Crippen LogP contribution in [0.2, 0.25) is 10.0 Å². The first kappa shape index (κ1) is 17.8. The molecule has 0 radical (unpaired) electrons. The number of nitrogens with one attached hydrogen (secondary N) is 1. The molecule has 0 aliphatic rings. The van der Waals surface area contributed by atoms with Gasteiger partial charge in [-0.2, -0.15) is 0 Å². The summed E-state index contributed by atoms with van der Waals surface area (Å²) >= 11 is 12.3. The number of hydrogen-bond acceptors (Lipinski definition) is 2. The lowest BCUT2D eigenvalue weighted by Gasteiger charge is -2.20. The molecule has 0 fully saturated rings. The Hall–Kier alpha value is -0.280. The molecule has 1 atom stereocenters. The number of nitrogens with zero attached hydrogens (tertiary/aromatic N) is 1. The van der Waals surface area contributed by atoms with Crippen molar-refractivity contribution in [1.82, 2.24) is 10.2 Å². The van der Waals surface area contributed by atoms with Crippen LogP contribution >= 0.6 is 23.2 Å². The monoisotopic (exact) mass is 316 g/mol. The van der Waals surface area contributed by atoms with Gasteiger partial charge in [0.2, 0.25) is 0 Å². The second-order valence-corrected chi connectivity index (χ2v) is 5.97. The van der Waals surface area contributed by atoms with Crippen LogP contribution in [-0.2, 0) is 6.54 Å². The molecule has 0 bridgehead atoms. The lowest BCUT2D eigenvalue weighted by Crippen LogP contribution is -2.29. The summed E-state index contributed by atoms with van der Waals surface area (Å²) in [7, 11) is 0. The van der Waals surface area contributed by atoms with E-state index in [1.54, 1.807) is 0 Å². The fourth-order valence-corrected chi connectivity index (χ4v) is 2.77. The van der Waals surface area contributed by atoms with Crippen molar-refractivity contribution in [2.75, 3.05) is 19.6 Å². The van der Waals surface area contributed by atoms with E-state index >= 15 is 0 Å². The predicted octanol–water partition coefficient (Wildman–Crippen LogP) is 4.59. The topological polar surface area (TPSA) is 15.3 Å². The molecule has 0 spiro atoms. The largest absolute Gasteiger partial charge is 0.310 e. The van der Waals surface area contributed by atoms with Crippen molar-refractivity contribution in [3.05, 3.63) is 33.8 Å². The Morgan fingerprint density at radius 3 is 2.30 bits per heavy atom. The Bertz CT molecular complexity index is 372. The van der Waals surface area contributed by atoms with Crippen LogP contribution in [0, 0.1) is 0 Å². The first-order chi connectivity index (χ1) is 9.58. The molecule has 2 nitrogen and oxygen atoms in total. The molecule has 0 saturated heterocycles. The van der Waals surface area contributed by atoms with Gasteiger partial charge >= 0.3 is 0 Å². The second kappa shape index (κ2) is 9.62. The normalized spacial score (nSPS) is 12.9. The number of rotatable bonds is 9. The van der Waals surface area contributed by atoms with Gasteiger partial charge in [0.15, 0.2) is 0 Å². The zero-order valence-corrected chi connectivity index (χ0v) is 14.3. The Labute approximate surface area is 133 Å². The first-order valence-electron chi connectivity index (χ1n) is 7.47. The lowest BCUT2D eigenvalue weighted by atomic mass is 10.1. The molecule has 1 unspecified atom stereocenters. The van der Waals surface area contributed by atoms with Crippen molar-refractivity contribution >= 4 is 23.2 Å². The minimum absolute atomic E-state index is 0.470. The Morgan fingerprint density at radius 1 is 1.15 bits per heavy atom. The zero-order chi connectivity index (χ0) is 15.0. The molecular formula is C16H26Cl2N2. The molecule has 1 aromatic rings. The summed E-state index contributed by atoms with van der Waals surface area (Å²) in [5.41, 5.74) is 0.992. The minimum Gasteiger partial charge on any atom is -0.310 e. The molecular weight excluding hydrogens is 291 g/mol. The SMILES string of the molecule is CCN(CC)CCCC(C)NCc1c(Cl)cccc1Cl. The predicted molar refractivity (Wildman–Crippen MR) is 89.8 cm³/mol. The van der Waals surface area contributed by atoms with Crippen LogP contribution in [0.15, 0.2) is 18.2 Å². The summed E-state index contributed by atoms with van der Waals surface area (Å²) in [5, 5.41) is 4.98. The third-order valence-electron chi connectivity index (χ3n) is 3.69. The van der Waals surface area contributed by atoms with Gasteiger partial charge < -0.3 is 10.2 Å². The number of benzene rings is 1. The van der Waals surface area contributed by atoms with Gasteiger partial charge in [-0.15, -0.1) is 0 Å². The minimum atomic E-state index is 0.470. The summed E-state index contributed by atoms with van der Waals surface area (Å²) < 4.78 is 0. The molecule has 0 aliphatic heterocycles. The van der Waals surface area contributed by atoms with E-state index in [1.165, 1.54) is 19.4 Å². The molecule has 0 aromatic heterocycles. The van der Waals surface area contributed by atoms with E-state index in [9.17, 15) is 0 Å². The van der Waals surface area contributed by atoms with Crippen molar-refractivity contribution in [3.63, 3.8) is 0 Å². The molecule has 114 valence electrons. The van der Waals surface area contributed by atoms with E-state index in [2.05, 4.69) is 31.0 Å². The van der Waals surface area contributed by atoms with Crippen LogP contribution in [0.1, 0.15) is 39.2 Å². The standard InChI is InChI=1S/C16H26Cl2N2/c1-4-20(5-2)11-7-8-13(3)19-12-14-15(17)9-6-10-16(14)18/h6,9-10,13,19H,4-5,7-8,11-12H2,1-3H3. The molecule has 0 heterocycles. The fourth-order valence-electron chi connectivity index (χ4n) is 2.24. The summed E-state index contributed by atoms with van der Waals surface area (Å²) in [5.74, 6) is 0. The molecule has 1 N–H and O–H groups in total. The van der Waals surface area contributed by atoms with Gasteiger partial charge in [0.25, 0.3) is 0 Å². The Morgan fingerprint density at radius 2 is 1.75 bits per heavy atom. The van der Waals surface area contributed by atoms with E-state index < -0.39 is 0 Å². The molecule has 1 rings (SSSR count). The van der Waals surface area contributed by atoms with Crippen molar-refractivity contribution < 1.29 is 0 Å². The highest BCUT2D eigenvalue weighted by Crippen LogP contribution is 2.24. The van der Waals surface area contributed by atoms with Crippen LogP contribution in [0.25, 0.3) is 0 Å². The molecule has 0 saturated carbocycles. The van der Waals surface area contributed by atoms with Gasteiger partial charge in [0.1, 0.15) is 0 Å². The average Bonchev–Trinajstić information content (AvgIpc) is 2.43. The van der Waals surface area contributed by atoms with Gasteiger partial charge in [-0.05, 0) is 51.5 Å². The van der Waals surface area contributed by atoms with Gasteiger partial charge in [-0.25, -0.2) is 0 Å². The maximum Gasteiger partial charge on any atom is 0.0465 e. The summed E-state index contributed by atoms with van der Waals surface area (Å²) in [6.07, 6.45) is 2.38. The summed E-state index contributed by atoms with van der Waals surface area (Å²) in [6.45, 7) is 10.8. The van der Waals surface area contributed by atoms with Gasteiger partial charge in [-0.3, -0.25) is 0 Å². The van der Waals surface area contributed by atoms with Crippen LogP contribution in [-0.4, -0.2) is 30.6 Å². The zero-order valence-electron chi connectivity index (χ0n) is 12.8. The van der Waals surface area contributed by atoms with Crippen LogP contribution in [0.5, 0.6) is 0 Å². The van der Waals surface area contributed by atoms with Gasteiger partial charge in [-0.1, -0.05) is 43.1 Å². The average molecular weight is 317 g/mol. The van der Waals surface area contributed by atoms with Crippen molar-refractivity contribution in [2.45, 2.75) is 46.2 Å². The third-order valence-corrected chi connectivity index (χ3v) is 4.40. The lowest BCUT2D eigenvalue weighted by molar-refractivity contribution is 0.290. The van der Waals surface area contributed by atoms with Crippen molar-refractivity contribution in [3.8, 4) is 0 Å². The highest BCUT2D eigenvalue weighted by Gasteiger charge is 2.08. The van der Waals surface area contributed by atoms with Gasteiger partial charge in [0.05, 0.1) is 0 Å². The van der Waals surface area contributed by atoms with E-state index in [-0.39, 0.29) is 0 Å². The van der Waals surface area contributed by atoms with E-state index in [4.69, 9.17) is 23.2 Å². The molecule has 0 amide bonds. The van der Waals surface area contributed by atoms with E-state index in [1.807, 2.05) is 18.2 Å². The smallest absolute Gasteiger partial charge is 0.0465 e. The number of halogens is 2. The molecule has 1 aromatic carbocycles. The summed E-state index contributed by atoms with van der Waals surface area (Å²) in [4.78, 5) is 2.46. The highest BCUT2D eigenvalue weighted by molar-refractivity contribution is 6.35. The van der Waals surface area contributed by atoms with E-state index in [0.29, 0.717) is 6.04 Å². The maximum atomic E-state index is 6.17.